The van der Waals surface area contributed by atoms with Crippen molar-refractivity contribution >= 4 is 39.5 Å². The van der Waals surface area contributed by atoms with E-state index in [1.54, 1.807) is 0 Å². The van der Waals surface area contributed by atoms with Crippen LogP contribution in [0.15, 0.2) is 0 Å². The summed E-state index contributed by atoms with van der Waals surface area (Å²) in [6.45, 7) is 7.39. The molecule has 0 fully saturated rings. The number of rotatable bonds is 98. The van der Waals surface area contributed by atoms with Crippen molar-refractivity contribution in [3.05, 3.63) is 0 Å². The van der Waals surface area contributed by atoms with Crippen LogP contribution in [0, 0.1) is 5.92 Å². The smallest absolute Gasteiger partial charge is 0.462 e. The van der Waals surface area contributed by atoms with E-state index in [1.165, 1.54) is 366 Å². The third-order valence-electron chi connectivity index (χ3n) is 23.3. The number of carbonyl (C=O) groups excluding carboxylic acids is 4. The predicted molar refractivity (Wildman–Crippen MR) is 488 cm³/mol. The Balaban J connectivity index is 5.20. The van der Waals surface area contributed by atoms with Gasteiger partial charge in [0.05, 0.1) is 26.4 Å². The molecule has 17 nitrogen and oxygen atoms in total. The Morgan fingerprint density at radius 1 is 0.231 bits per heavy atom. The van der Waals surface area contributed by atoms with E-state index in [2.05, 4.69) is 34.6 Å². The van der Waals surface area contributed by atoms with Gasteiger partial charge in [0.2, 0.25) is 0 Å². The fraction of sp³-hybridized carbons (Fsp3) is 0.959. The highest BCUT2D eigenvalue weighted by Gasteiger charge is 2.31. The number of aliphatic hydroxyl groups excluding tert-OH is 1. The molecule has 0 aliphatic heterocycles. The van der Waals surface area contributed by atoms with Crippen molar-refractivity contribution in [3.63, 3.8) is 0 Å². The molecule has 0 aliphatic rings. The highest BCUT2D eigenvalue weighted by molar-refractivity contribution is 7.47. The second kappa shape index (κ2) is 90.3. The number of hydrogen-bond donors (Lipinski definition) is 3. The van der Waals surface area contributed by atoms with Gasteiger partial charge in [-0.2, -0.15) is 0 Å². The first-order chi connectivity index (χ1) is 57.0. The van der Waals surface area contributed by atoms with Gasteiger partial charge in [-0.05, 0) is 31.6 Å². The maximum absolute atomic E-state index is 13.2. The fourth-order valence-electron chi connectivity index (χ4n) is 15.6. The molecule has 0 heterocycles. The lowest BCUT2D eigenvalue weighted by atomic mass is 10.0. The molecule has 696 valence electrons. The van der Waals surface area contributed by atoms with E-state index < -0.39 is 97.5 Å². The second-order valence-corrected chi connectivity index (χ2v) is 38.6. The van der Waals surface area contributed by atoms with Gasteiger partial charge in [-0.3, -0.25) is 37.3 Å². The average molecular weight is 1700 g/mol. The minimum atomic E-state index is -4.97. The van der Waals surface area contributed by atoms with Crippen molar-refractivity contribution in [2.75, 3.05) is 39.6 Å². The van der Waals surface area contributed by atoms with Crippen LogP contribution in [0.5, 0.6) is 0 Å². The van der Waals surface area contributed by atoms with Crippen LogP contribution in [0.1, 0.15) is 542 Å². The summed E-state index contributed by atoms with van der Waals surface area (Å²) >= 11 is 0. The lowest BCUT2D eigenvalue weighted by Gasteiger charge is -2.21. The molecule has 19 heteroatoms. The summed E-state index contributed by atoms with van der Waals surface area (Å²) in [5.74, 6) is -1.36. The number of unbranched alkanes of at least 4 members (excludes halogenated alkanes) is 70. The molecule has 2 unspecified atom stereocenters. The van der Waals surface area contributed by atoms with E-state index in [4.69, 9.17) is 37.0 Å². The van der Waals surface area contributed by atoms with Crippen molar-refractivity contribution in [3.8, 4) is 0 Å². The molecule has 0 aliphatic carbocycles. The van der Waals surface area contributed by atoms with Crippen LogP contribution in [0.25, 0.3) is 0 Å². The molecule has 0 saturated heterocycles. The zero-order valence-corrected chi connectivity index (χ0v) is 79.2. The molecule has 0 spiro atoms. The quantitative estimate of drug-likeness (QED) is 0.0222. The van der Waals surface area contributed by atoms with Crippen LogP contribution in [-0.4, -0.2) is 96.7 Å². The molecule has 0 aromatic heterocycles. The first-order valence-electron chi connectivity index (χ1n) is 50.6. The normalized spacial score (nSPS) is 13.6. The van der Waals surface area contributed by atoms with Crippen LogP contribution < -0.4 is 0 Å². The summed E-state index contributed by atoms with van der Waals surface area (Å²) in [6, 6.07) is 0. The van der Waals surface area contributed by atoms with Gasteiger partial charge in [0.15, 0.2) is 12.2 Å². The number of hydrogen-bond acceptors (Lipinski definition) is 15. The Labute approximate surface area is 721 Å². The summed E-state index contributed by atoms with van der Waals surface area (Å²) in [4.78, 5) is 73.6. The molecule has 0 aromatic carbocycles. The van der Waals surface area contributed by atoms with E-state index >= 15 is 0 Å². The molecule has 0 saturated carbocycles. The minimum absolute atomic E-state index is 0.109. The molecule has 3 N–H and O–H groups in total. The third kappa shape index (κ3) is 91.6. The van der Waals surface area contributed by atoms with Gasteiger partial charge < -0.3 is 33.8 Å². The van der Waals surface area contributed by atoms with Crippen molar-refractivity contribution < 1.29 is 80.2 Å². The maximum atomic E-state index is 13.2. The average Bonchev–Trinajstić information content (AvgIpc) is 0.898. The largest absolute Gasteiger partial charge is 0.472 e. The summed E-state index contributed by atoms with van der Waals surface area (Å²) in [5, 5.41) is 10.7. The molecule has 0 rings (SSSR count). The molecular weight excluding hydrogens is 1510 g/mol. The van der Waals surface area contributed by atoms with Gasteiger partial charge in [0.25, 0.3) is 0 Å². The fourth-order valence-corrected chi connectivity index (χ4v) is 17.2. The number of esters is 4. The van der Waals surface area contributed by atoms with Crippen molar-refractivity contribution in [2.24, 2.45) is 5.92 Å². The highest BCUT2D eigenvalue weighted by atomic mass is 31.2. The van der Waals surface area contributed by atoms with Crippen LogP contribution in [0.3, 0.4) is 0 Å². The molecule has 5 atom stereocenters. The Morgan fingerprint density at radius 3 is 0.581 bits per heavy atom. The maximum Gasteiger partial charge on any atom is 0.472 e. The van der Waals surface area contributed by atoms with Crippen LogP contribution in [0.4, 0.5) is 0 Å². The monoisotopic (exact) mass is 1700 g/mol. The molecular formula is C98H192O17P2. The number of phosphoric ester groups is 2. The lowest BCUT2D eigenvalue weighted by Crippen LogP contribution is -2.30. The molecule has 117 heavy (non-hydrogen) atoms. The van der Waals surface area contributed by atoms with Crippen molar-refractivity contribution in [1.82, 2.24) is 0 Å². The van der Waals surface area contributed by atoms with Crippen molar-refractivity contribution in [2.45, 2.75) is 560 Å². The van der Waals surface area contributed by atoms with E-state index in [0.29, 0.717) is 25.7 Å². The van der Waals surface area contributed by atoms with Crippen LogP contribution in [0.2, 0.25) is 0 Å². The third-order valence-corrected chi connectivity index (χ3v) is 25.2. The van der Waals surface area contributed by atoms with Gasteiger partial charge in [0, 0.05) is 25.7 Å². The minimum Gasteiger partial charge on any atom is -0.462 e. The molecule has 0 radical (unpaired) electrons. The van der Waals surface area contributed by atoms with Gasteiger partial charge in [-0.1, -0.05) is 490 Å². The summed E-state index contributed by atoms with van der Waals surface area (Å²) in [5.41, 5.74) is 0. The molecule has 0 aromatic rings. The SMILES string of the molecule is CCCCCCCCCCCCCCCCCCCCCCCCC(=O)OC[C@H](COP(=O)(O)OC[C@@H](O)COP(=O)(O)OC[C@@H](COC(=O)CCCCCCCCCCC(C)C)OC(=O)CCCCCCCCCCCCCCCCCCCCCCCC)OC(=O)CCCCCCCCCCCCCCCCCCCCCCCC. The van der Waals surface area contributed by atoms with Crippen LogP contribution in [-0.2, 0) is 65.4 Å². The van der Waals surface area contributed by atoms with E-state index in [1.807, 2.05) is 0 Å². The first-order valence-corrected chi connectivity index (χ1v) is 53.6. The summed E-state index contributed by atoms with van der Waals surface area (Å²) in [7, 11) is -9.94. The van der Waals surface area contributed by atoms with E-state index in [-0.39, 0.29) is 25.7 Å². The Morgan fingerprint density at radius 2 is 0.393 bits per heavy atom. The molecule has 0 bridgehead atoms. The van der Waals surface area contributed by atoms with Gasteiger partial charge in [-0.25, -0.2) is 9.13 Å². The Hall–Kier alpha value is -1.94. The number of carbonyl (C=O) groups is 4. The Kier molecular flexibility index (Phi) is 88.8. The van der Waals surface area contributed by atoms with Crippen molar-refractivity contribution in [1.29, 1.82) is 0 Å². The van der Waals surface area contributed by atoms with Gasteiger partial charge >= 0.3 is 39.5 Å². The zero-order chi connectivity index (χ0) is 85.4. The predicted octanol–water partition coefficient (Wildman–Crippen LogP) is 31.1. The lowest BCUT2D eigenvalue weighted by molar-refractivity contribution is -0.161. The van der Waals surface area contributed by atoms with Gasteiger partial charge in [-0.15, -0.1) is 0 Å². The second-order valence-electron chi connectivity index (χ2n) is 35.6. The molecule has 0 amide bonds. The number of phosphoric acid groups is 2. The number of aliphatic hydroxyl groups is 1. The summed E-state index contributed by atoms with van der Waals surface area (Å²) in [6.07, 6.45) is 89.4. The highest BCUT2D eigenvalue weighted by Crippen LogP contribution is 2.45. The standard InChI is InChI=1S/C98H192O17P2/c1-6-9-12-15-18-21-24-27-30-33-36-39-42-45-48-51-54-57-60-66-71-76-81-95(100)108-87-93(114-97(102)83-78-73-68-61-58-55-52-49-46-43-40-37-34-31-28-25-22-19-16-13-10-7-2)89-112-116(104,105)110-85-92(99)86-111-117(106,107)113-90-94(88-109-96(101)82-77-72-67-64-63-65-70-75-80-91(4)5)115-98(103)84-79-74-69-62-59-56-53-50-47-44-41-38-35-32-29-26-23-20-17-14-11-8-3/h91-94,99H,6-90H2,1-5H3,(H,104,105)(H,106,107)/t92-,93-,94-/m1/s1. The van der Waals surface area contributed by atoms with E-state index in [9.17, 15) is 43.2 Å². The zero-order valence-electron chi connectivity index (χ0n) is 77.4. The summed E-state index contributed by atoms with van der Waals surface area (Å²) < 4.78 is 69.3. The van der Waals surface area contributed by atoms with Gasteiger partial charge in [0.1, 0.15) is 19.3 Å². The first kappa shape index (κ1) is 115. The topological polar surface area (TPSA) is 237 Å². The Bertz CT molecular complexity index is 2210. The van der Waals surface area contributed by atoms with Crippen LogP contribution >= 0.6 is 15.6 Å². The number of ether oxygens (including phenoxy) is 4. The van der Waals surface area contributed by atoms with E-state index in [0.717, 1.165) is 95.8 Å².